The van der Waals surface area contributed by atoms with Crippen molar-refractivity contribution in [2.75, 3.05) is 0 Å². The molecule has 308 valence electrons. The molecule has 0 bridgehead atoms. The van der Waals surface area contributed by atoms with E-state index in [4.69, 9.17) is 9.97 Å². The Labute approximate surface area is 367 Å². The van der Waals surface area contributed by atoms with E-state index in [1.54, 1.807) is 0 Å². The molecule has 8 aromatic carbocycles. The van der Waals surface area contributed by atoms with Crippen molar-refractivity contribution in [3.05, 3.63) is 203 Å². The summed E-state index contributed by atoms with van der Waals surface area (Å²) in [5.41, 5.74) is 15.7. The molecule has 0 unspecified atom stereocenters. The van der Waals surface area contributed by atoms with Crippen molar-refractivity contribution >= 4 is 32.6 Å². The number of hydrogen-bond acceptors (Lipinski definition) is 2. The molecular formula is C58H38F4N2. The third-order valence-electron chi connectivity index (χ3n) is 13.9. The van der Waals surface area contributed by atoms with E-state index in [1.807, 2.05) is 24.3 Å². The van der Waals surface area contributed by atoms with Crippen LogP contribution in [0.5, 0.6) is 0 Å². The predicted molar refractivity (Wildman–Crippen MR) is 251 cm³/mol. The molecule has 0 radical (unpaired) electrons. The quantitative estimate of drug-likeness (QED) is 0.130. The summed E-state index contributed by atoms with van der Waals surface area (Å²) in [6, 6.07) is 49.0. The first-order valence-corrected chi connectivity index (χ1v) is 21.5. The zero-order valence-corrected chi connectivity index (χ0v) is 35.4. The predicted octanol–water partition coefficient (Wildman–Crippen LogP) is 15.8. The second kappa shape index (κ2) is 13.5. The Morgan fingerprint density at radius 1 is 0.312 bits per heavy atom. The number of pyridine rings is 2. The van der Waals surface area contributed by atoms with Crippen LogP contribution in [0.1, 0.15) is 49.9 Å². The van der Waals surface area contributed by atoms with Crippen LogP contribution in [0.3, 0.4) is 0 Å². The summed E-state index contributed by atoms with van der Waals surface area (Å²) in [6.45, 7) is 9.00. The molecule has 6 heteroatoms. The van der Waals surface area contributed by atoms with E-state index in [1.165, 1.54) is 68.8 Å². The highest BCUT2D eigenvalue weighted by atomic mass is 19.1. The van der Waals surface area contributed by atoms with Crippen LogP contribution in [-0.2, 0) is 10.8 Å². The topological polar surface area (TPSA) is 25.8 Å². The van der Waals surface area contributed by atoms with Gasteiger partial charge in [0, 0.05) is 55.6 Å². The van der Waals surface area contributed by atoms with Gasteiger partial charge in [0.1, 0.15) is 23.3 Å². The monoisotopic (exact) mass is 838 g/mol. The molecular weight excluding hydrogens is 801 g/mol. The van der Waals surface area contributed by atoms with Crippen molar-refractivity contribution < 1.29 is 17.6 Å². The van der Waals surface area contributed by atoms with Gasteiger partial charge in [0.25, 0.3) is 0 Å². The van der Waals surface area contributed by atoms with Crippen LogP contribution in [0.2, 0.25) is 0 Å². The Hall–Kier alpha value is -7.44. The summed E-state index contributed by atoms with van der Waals surface area (Å²) >= 11 is 0. The Bertz CT molecular complexity index is 3400. The van der Waals surface area contributed by atoms with Crippen molar-refractivity contribution in [1.29, 1.82) is 0 Å². The third kappa shape index (κ3) is 5.64. The number of aromatic nitrogens is 2. The van der Waals surface area contributed by atoms with Gasteiger partial charge < -0.3 is 0 Å². The fourth-order valence-electron chi connectivity index (χ4n) is 10.7. The maximum atomic E-state index is 14.8. The summed E-state index contributed by atoms with van der Waals surface area (Å²) in [4.78, 5) is 10.5. The lowest BCUT2D eigenvalue weighted by molar-refractivity contribution is 0.583. The average Bonchev–Trinajstić information content (AvgIpc) is 3.66. The zero-order chi connectivity index (χ0) is 43.8. The molecule has 12 rings (SSSR count). The van der Waals surface area contributed by atoms with Gasteiger partial charge >= 0.3 is 0 Å². The zero-order valence-electron chi connectivity index (χ0n) is 35.4. The number of nitrogens with zero attached hydrogens (tertiary/aromatic N) is 2. The molecule has 0 amide bonds. The smallest absolute Gasteiger partial charge is 0.126 e. The molecule has 2 heterocycles. The highest BCUT2D eigenvalue weighted by Gasteiger charge is 2.37. The standard InChI is InChI=1S/C58H38F4N2/c1-57(2)49-11-7-5-9-39(49)41-15-13-31(25-51(41)57)45-29-47-48(55-43(45)17-19-53(63-55)33-21-35(59)27-36(60)22-33)30-46(44-18-20-54(64-56(44)47)34-23-37(61)28-38(62)24-34)32-14-16-42-40-10-6-8-12-50(40)58(3,4)52(42)26-32/h5-30H,1-4H3. The van der Waals surface area contributed by atoms with Crippen molar-refractivity contribution in [3.8, 4) is 67.0 Å². The van der Waals surface area contributed by atoms with Crippen LogP contribution < -0.4 is 0 Å². The van der Waals surface area contributed by atoms with E-state index >= 15 is 0 Å². The van der Waals surface area contributed by atoms with Crippen molar-refractivity contribution in [3.63, 3.8) is 0 Å². The first kappa shape index (κ1) is 38.3. The van der Waals surface area contributed by atoms with Crippen molar-refractivity contribution in [2.24, 2.45) is 0 Å². The number of fused-ring (bicyclic) bond motifs is 11. The Morgan fingerprint density at radius 2 is 0.688 bits per heavy atom. The Kier molecular flexibility index (Phi) is 8.09. The molecule has 10 aromatic rings. The van der Waals surface area contributed by atoms with Crippen molar-refractivity contribution in [1.82, 2.24) is 9.97 Å². The van der Waals surface area contributed by atoms with E-state index in [9.17, 15) is 17.6 Å². The van der Waals surface area contributed by atoms with Crippen molar-refractivity contribution in [2.45, 2.75) is 38.5 Å². The summed E-state index contributed by atoms with van der Waals surface area (Å²) in [6.07, 6.45) is 0. The Balaban J connectivity index is 1.18. The molecule has 2 aromatic heterocycles. The SMILES string of the molecule is CC1(C)c2ccccc2-c2ccc(-c3cc4c(cc(-c5ccc6c(c5)C(C)(C)c5ccccc5-6)c5ccc(-c6cc(F)cc(F)c6)nc54)c4nc(-c5cc(F)cc(F)c5)ccc34)cc21. The molecule has 0 saturated heterocycles. The summed E-state index contributed by atoms with van der Waals surface area (Å²) in [5.74, 6) is -2.79. The van der Waals surface area contributed by atoms with Gasteiger partial charge in [0.15, 0.2) is 0 Å². The van der Waals surface area contributed by atoms with Crippen LogP contribution in [0, 0.1) is 23.3 Å². The van der Waals surface area contributed by atoms with Gasteiger partial charge in [0.05, 0.1) is 22.4 Å². The van der Waals surface area contributed by atoms with Crippen LogP contribution in [0.4, 0.5) is 17.6 Å². The van der Waals surface area contributed by atoms with E-state index in [0.717, 1.165) is 55.9 Å². The normalized spacial score (nSPS) is 14.2. The molecule has 2 aliphatic rings. The first-order valence-electron chi connectivity index (χ1n) is 21.5. The summed E-state index contributed by atoms with van der Waals surface area (Å²) in [7, 11) is 0. The minimum absolute atomic E-state index is 0.258. The van der Waals surface area contributed by atoms with Crippen LogP contribution in [-0.4, -0.2) is 9.97 Å². The minimum Gasteiger partial charge on any atom is -0.247 e. The molecule has 0 N–H and O–H groups in total. The minimum atomic E-state index is -0.697. The lowest BCUT2D eigenvalue weighted by Crippen LogP contribution is -2.14. The van der Waals surface area contributed by atoms with Gasteiger partial charge in [-0.3, -0.25) is 0 Å². The maximum absolute atomic E-state index is 14.8. The molecule has 0 spiro atoms. The van der Waals surface area contributed by atoms with Gasteiger partial charge in [0.2, 0.25) is 0 Å². The van der Waals surface area contributed by atoms with Crippen LogP contribution in [0.15, 0.2) is 158 Å². The van der Waals surface area contributed by atoms with E-state index < -0.39 is 23.3 Å². The fourth-order valence-corrected chi connectivity index (χ4v) is 10.7. The molecule has 2 nitrogen and oxygen atoms in total. The van der Waals surface area contributed by atoms with Gasteiger partial charge in [-0.1, -0.05) is 100 Å². The lowest BCUT2D eigenvalue weighted by Gasteiger charge is -2.23. The van der Waals surface area contributed by atoms with Crippen LogP contribution >= 0.6 is 0 Å². The molecule has 2 aliphatic carbocycles. The molecule has 64 heavy (non-hydrogen) atoms. The van der Waals surface area contributed by atoms with Gasteiger partial charge in [-0.25, -0.2) is 27.5 Å². The van der Waals surface area contributed by atoms with E-state index in [0.29, 0.717) is 33.5 Å². The largest absolute Gasteiger partial charge is 0.247 e. The van der Waals surface area contributed by atoms with Gasteiger partial charge in [-0.05, 0) is 140 Å². The van der Waals surface area contributed by atoms with E-state index in [2.05, 4.69) is 125 Å². The highest BCUT2D eigenvalue weighted by Crippen LogP contribution is 2.52. The molecule has 0 atom stereocenters. The summed E-state index contributed by atoms with van der Waals surface area (Å²) in [5, 5.41) is 3.24. The summed E-state index contributed by atoms with van der Waals surface area (Å²) < 4.78 is 59.2. The number of rotatable bonds is 4. The fraction of sp³-hybridized carbons (Fsp3) is 0.103. The lowest BCUT2D eigenvalue weighted by atomic mass is 9.81. The Morgan fingerprint density at radius 3 is 1.09 bits per heavy atom. The number of benzene rings is 8. The van der Waals surface area contributed by atoms with Gasteiger partial charge in [-0.15, -0.1) is 0 Å². The third-order valence-corrected chi connectivity index (χ3v) is 13.9. The second-order valence-corrected chi connectivity index (χ2v) is 18.3. The average molecular weight is 839 g/mol. The number of halogens is 4. The molecule has 0 aliphatic heterocycles. The van der Waals surface area contributed by atoms with Gasteiger partial charge in [-0.2, -0.15) is 0 Å². The van der Waals surface area contributed by atoms with Crippen LogP contribution in [0.25, 0.3) is 99.6 Å². The maximum Gasteiger partial charge on any atom is 0.126 e. The van der Waals surface area contributed by atoms with E-state index in [-0.39, 0.29) is 10.8 Å². The molecule has 0 saturated carbocycles. The number of hydrogen-bond donors (Lipinski definition) is 0. The molecule has 0 fully saturated rings. The first-order chi connectivity index (χ1) is 30.8. The highest BCUT2D eigenvalue weighted by molar-refractivity contribution is 6.22. The second-order valence-electron chi connectivity index (χ2n) is 18.3.